The summed E-state index contributed by atoms with van der Waals surface area (Å²) in [4.78, 5) is 14.2. The zero-order chi connectivity index (χ0) is 15.5. The van der Waals surface area contributed by atoms with Crippen molar-refractivity contribution in [1.82, 2.24) is 15.1 Å². The number of hydrogen-bond acceptors (Lipinski definition) is 6. The third-order valence-corrected chi connectivity index (χ3v) is 5.13. The quantitative estimate of drug-likeness (QED) is 0.933. The van der Waals surface area contributed by atoms with Crippen molar-refractivity contribution in [2.24, 2.45) is 0 Å². The van der Waals surface area contributed by atoms with E-state index in [-0.39, 0.29) is 18.2 Å². The third kappa shape index (κ3) is 3.45. The highest BCUT2D eigenvalue weighted by Gasteiger charge is 2.30. The topological polar surface area (TPSA) is 67.4 Å². The lowest BCUT2D eigenvalue weighted by Crippen LogP contribution is -2.47. The number of carbonyl (C=O) groups is 1. The van der Waals surface area contributed by atoms with Crippen molar-refractivity contribution in [3.8, 4) is 0 Å². The van der Waals surface area contributed by atoms with Gasteiger partial charge in [-0.05, 0) is 35.7 Å². The average Bonchev–Trinajstić information content (AvgIpc) is 3.18. The number of morpholine rings is 1. The minimum absolute atomic E-state index is 0.00465. The van der Waals surface area contributed by atoms with Crippen LogP contribution in [-0.4, -0.2) is 40.3 Å². The zero-order valence-corrected chi connectivity index (χ0v) is 14.1. The molecule has 1 aliphatic rings. The normalized spacial score (nSPS) is 21.8. The van der Waals surface area contributed by atoms with Gasteiger partial charge in [0.2, 0.25) is 5.13 Å². The summed E-state index contributed by atoms with van der Waals surface area (Å²) >= 11 is 3.05. The van der Waals surface area contributed by atoms with E-state index in [0.717, 1.165) is 17.0 Å². The Hall–Kier alpha value is -1.51. The van der Waals surface area contributed by atoms with Crippen LogP contribution in [0.3, 0.4) is 0 Å². The lowest BCUT2D eigenvalue weighted by molar-refractivity contribution is -0.0640. The summed E-state index contributed by atoms with van der Waals surface area (Å²) in [5.74, 6) is 0. The highest BCUT2D eigenvalue weighted by molar-refractivity contribution is 7.15. The number of urea groups is 1. The predicted octanol–water partition coefficient (Wildman–Crippen LogP) is 3.16. The van der Waals surface area contributed by atoms with Gasteiger partial charge in [-0.3, -0.25) is 5.32 Å². The first kappa shape index (κ1) is 15.4. The van der Waals surface area contributed by atoms with Crippen molar-refractivity contribution in [1.29, 1.82) is 0 Å². The lowest BCUT2D eigenvalue weighted by atomic mass is 10.1. The molecule has 0 unspecified atom stereocenters. The Bertz CT molecular complexity index is 629. The number of aryl methyl sites for hydroxylation is 1. The molecule has 2 amide bonds. The van der Waals surface area contributed by atoms with Gasteiger partial charge in [-0.25, -0.2) is 4.79 Å². The van der Waals surface area contributed by atoms with Gasteiger partial charge in [0.1, 0.15) is 11.1 Å². The number of aromatic nitrogens is 2. The average molecular weight is 338 g/mol. The SMILES string of the molecule is CCc1nnc(NC(=O)N2C[C@H](C)O[C@@H](c3ccsc3)C2)s1. The van der Waals surface area contributed by atoms with E-state index < -0.39 is 0 Å². The number of thiophene rings is 1. The van der Waals surface area contributed by atoms with Crippen molar-refractivity contribution in [2.75, 3.05) is 18.4 Å². The standard InChI is InChI=1S/C14H18N4O2S2/c1-3-12-16-17-13(22-12)15-14(19)18-6-9(2)20-11(7-18)10-4-5-21-8-10/h4-5,8-9,11H,3,6-7H2,1-2H3,(H,15,17,19)/t9-,11+/m0/s1. The maximum Gasteiger partial charge on any atom is 0.323 e. The highest BCUT2D eigenvalue weighted by atomic mass is 32.1. The van der Waals surface area contributed by atoms with E-state index in [9.17, 15) is 4.79 Å². The predicted molar refractivity (Wildman–Crippen MR) is 87.5 cm³/mol. The fourth-order valence-corrected chi connectivity index (χ4v) is 3.75. The smallest absolute Gasteiger partial charge is 0.323 e. The van der Waals surface area contributed by atoms with Gasteiger partial charge in [-0.15, -0.1) is 10.2 Å². The minimum Gasteiger partial charge on any atom is -0.367 e. The maximum atomic E-state index is 12.4. The second kappa shape index (κ2) is 6.72. The Balaban J connectivity index is 1.66. The first-order valence-electron chi connectivity index (χ1n) is 7.21. The van der Waals surface area contributed by atoms with E-state index in [1.54, 1.807) is 16.2 Å². The summed E-state index contributed by atoms with van der Waals surface area (Å²) in [5.41, 5.74) is 1.12. The first-order valence-corrected chi connectivity index (χ1v) is 8.97. The highest BCUT2D eigenvalue weighted by Crippen LogP contribution is 2.27. The number of nitrogens with zero attached hydrogens (tertiary/aromatic N) is 3. The Kier molecular flexibility index (Phi) is 4.70. The number of nitrogens with one attached hydrogen (secondary N) is 1. The molecule has 0 saturated carbocycles. The van der Waals surface area contributed by atoms with Gasteiger partial charge in [0.25, 0.3) is 0 Å². The van der Waals surface area contributed by atoms with Crippen molar-refractivity contribution in [2.45, 2.75) is 32.5 Å². The Morgan fingerprint density at radius 3 is 3.05 bits per heavy atom. The molecule has 8 heteroatoms. The summed E-state index contributed by atoms with van der Waals surface area (Å²) < 4.78 is 5.94. The van der Waals surface area contributed by atoms with Crippen LogP contribution in [0.15, 0.2) is 16.8 Å². The van der Waals surface area contributed by atoms with E-state index in [2.05, 4.69) is 20.9 Å². The molecule has 6 nitrogen and oxygen atoms in total. The fraction of sp³-hybridized carbons (Fsp3) is 0.500. The number of anilines is 1. The van der Waals surface area contributed by atoms with E-state index in [4.69, 9.17) is 4.74 Å². The summed E-state index contributed by atoms with van der Waals surface area (Å²) in [5, 5.41) is 16.4. The molecule has 2 aromatic heterocycles. The van der Waals surface area contributed by atoms with Crippen LogP contribution in [0, 0.1) is 0 Å². The summed E-state index contributed by atoms with van der Waals surface area (Å²) in [6.45, 7) is 5.12. The van der Waals surface area contributed by atoms with Gasteiger partial charge in [-0.1, -0.05) is 18.3 Å². The second-order valence-electron chi connectivity index (χ2n) is 5.18. The molecule has 3 rings (SSSR count). The van der Waals surface area contributed by atoms with E-state index in [0.29, 0.717) is 18.2 Å². The molecule has 0 aromatic carbocycles. The Labute approximate surface area is 137 Å². The van der Waals surface area contributed by atoms with Crippen LogP contribution in [-0.2, 0) is 11.2 Å². The van der Waals surface area contributed by atoms with Crippen LogP contribution in [0.4, 0.5) is 9.93 Å². The molecule has 2 atom stereocenters. The molecule has 1 N–H and O–H groups in total. The molecule has 0 radical (unpaired) electrons. The van der Waals surface area contributed by atoms with E-state index >= 15 is 0 Å². The number of carbonyl (C=O) groups excluding carboxylic acids is 1. The molecule has 0 spiro atoms. The van der Waals surface area contributed by atoms with E-state index in [1.807, 2.05) is 25.3 Å². The van der Waals surface area contributed by atoms with Crippen LogP contribution in [0.25, 0.3) is 0 Å². The van der Waals surface area contributed by atoms with Crippen LogP contribution in [0.2, 0.25) is 0 Å². The zero-order valence-electron chi connectivity index (χ0n) is 12.5. The van der Waals surface area contributed by atoms with Crippen LogP contribution >= 0.6 is 22.7 Å². The van der Waals surface area contributed by atoms with Gasteiger partial charge in [0.15, 0.2) is 0 Å². The fourth-order valence-electron chi connectivity index (χ4n) is 2.38. The largest absolute Gasteiger partial charge is 0.367 e. The van der Waals surface area contributed by atoms with Crippen LogP contribution in [0.5, 0.6) is 0 Å². The monoisotopic (exact) mass is 338 g/mol. The summed E-state index contributed by atoms with van der Waals surface area (Å²) in [6.07, 6.45) is 0.758. The number of ether oxygens (including phenoxy) is 1. The molecule has 0 aliphatic carbocycles. The van der Waals surface area contributed by atoms with Gasteiger partial charge in [0, 0.05) is 6.54 Å². The molecule has 0 bridgehead atoms. The molecule has 1 aliphatic heterocycles. The minimum atomic E-state index is -0.144. The number of amides is 2. The van der Waals surface area contributed by atoms with Gasteiger partial charge >= 0.3 is 6.03 Å². The molecule has 1 saturated heterocycles. The molecule has 2 aromatic rings. The molecular formula is C14H18N4O2S2. The molecule has 118 valence electrons. The molecule has 3 heterocycles. The van der Waals surface area contributed by atoms with Crippen molar-refractivity contribution >= 4 is 33.8 Å². The third-order valence-electron chi connectivity index (χ3n) is 3.45. The number of hydrogen-bond donors (Lipinski definition) is 1. The van der Waals surface area contributed by atoms with Gasteiger partial charge in [0.05, 0.1) is 12.6 Å². The number of rotatable bonds is 3. The van der Waals surface area contributed by atoms with E-state index in [1.165, 1.54) is 11.3 Å². The molecular weight excluding hydrogens is 320 g/mol. The Morgan fingerprint density at radius 2 is 2.36 bits per heavy atom. The Morgan fingerprint density at radius 1 is 1.50 bits per heavy atom. The molecule has 22 heavy (non-hydrogen) atoms. The van der Waals surface area contributed by atoms with Crippen molar-refractivity contribution < 1.29 is 9.53 Å². The van der Waals surface area contributed by atoms with Crippen molar-refractivity contribution in [3.05, 3.63) is 27.4 Å². The van der Waals surface area contributed by atoms with Crippen molar-refractivity contribution in [3.63, 3.8) is 0 Å². The summed E-state index contributed by atoms with van der Waals surface area (Å²) in [6, 6.07) is 1.90. The first-order chi connectivity index (χ1) is 10.7. The summed E-state index contributed by atoms with van der Waals surface area (Å²) in [7, 11) is 0. The van der Waals surface area contributed by atoms with Crippen LogP contribution in [0.1, 0.15) is 30.5 Å². The lowest BCUT2D eigenvalue weighted by Gasteiger charge is -2.36. The van der Waals surface area contributed by atoms with Gasteiger partial charge in [-0.2, -0.15) is 11.3 Å². The van der Waals surface area contributed by atoms with Crippen LogP contribution < -0.4 is 5.32 Å². The van der Waals surface area contributed by atoms with Gasteiger partial charge < -0.3 is 9.64 Å². The maximum absolute atomic E-state index is 12.4. The second-order valence-corrected chi connectivity index (χ2v) is 7.02. The molecule has 1 fully saturated rings.